The number of amides is 2. The van der Waals surface area contributed by atoms with E-state index in [-0.39, 0.29) is 23.8 Å². The molecule has 0 saturated heterocycles. The fourth-order valence-corrected chi connectivity index (χ4v) is 5.58. The summed E-state index contributed by atoms with van der Waals surface area (Å²) in [6.07, 6.45) is 9.32. The van der Waals surface area contributed by atoms with Crippen molar-refractivity contribution in [2.45, 2.75) is 51.5 Å². The van der Waals surface area contributed by atoms with Gasteiger partial charge in [-0.05, 0) is 66.8 Å². The number of nitrogens with two attached hydrogens (primary N) is 1. The molecule has 3 atom stereocenters. The van der Waals surface area contributed by atoms with Crippen LogP contribution >= 0.6 is 11.3 Å². The number of fused-ring (bicyclic) bond motifs is 1. The van der Waals surface area contributed by atoms with E-state index in [1.54, 1.807) is 24.8 Å². The zero-order chi connectivity index (χ0) is 24.8. The minimum Gasteiger partial charge on any atom is -0.449 e. The standard InChI is InChI=1S/C26H31N5O3S/c1-16(19-5-3-9-28-13-19)11-23(32)31-25-24(27)21-8-7-18(12-22(21)35-25)15-34-26(33)30-17(2)20-6-4-10-29-14-20/h3-6,9-10,13-14,16-18H,7-8,11-12,15,27H2,1-2H3,(H,30,33)(H,31,32). The van der Waals surface area contributed by atoms with Gasteiger partial charge in [-0.25, -0.2) is 4.79 Å². The Balaban J connectivity index is 1.28. The molecule has 0 bridgehead atoms. The van der Waals surface area contributed by atoms with Gasteiger partial charge in [0.25, 0.3) is 0 Å². The first-order valence-electron chi connectivity index (χ1n) is 11.8. The van der Waals surface area contributed by atoms with Gasteiger partial charge in [0.05, 0.1) is 18.3 Å². The Morgan fingerprint density at radius 3 is 2.57 bits per heavy atom. The molecule has 2 amide bonds. The summed E-state index contributed by atoms with van der Waals surface area (Å²) in [5.74, 6) is 0.216. The van der Waals surface area contributed by atoms with Crippen LogP contribution in [0.15, 0.2) is 49.1 Å². The fourth-order valence-electron chi connectivity index (χ4n) is 4.28. The van der Waals surface area contributed by atoms with Crippen LogP contribution in [-0.4, -0.2) is 28.6 Å². The van der Waals surface area contributed by atoms with E-state index < -0.39 is 6.09 Å². The number of nitrogen functional groups attached to an aromatic ring is 1. The molecule has 0 aromatic carbocycles. The topological polar surface area (TPSA) is 119 Å². The highest BCUT2D eigenvalue weighted by Gasteiger charge is 2.26. The van der Waals surface area contributed by atoms with E-state index in [4.69, 9.17) is 10.5 Å². The molecule has 1 aliphatic carbocycles. The quantitative estimate of drug-likeness (QED) is 0.413. The monoisotopic (exact) mass is 493 g/mol. The third kappa shape index (κ3) is 6.36. The largest absolute Gasteiger partial charge is 0.449 e. The molecule has 0 spiro atoms. The van der Waals surface area contributed by atoms with Gasteiger partial charge >= 0.3 is 6.09 Å². The molecule has 4 rings (SSSR count). The van der Waals surface area contributed by atoms with Gasteiger partial charge in [-0.2, -0.15) is 0 Å². The van der Waals surface area contributed by atoms with Crippen LogP contribution in [0.2, 0.25) is 0 Å². The molecule has 35 heavy (non-hydrogen) atoms. The average molecular weight is 494 g/mol. The van der Waals surface area contributed by atoms with Crippen molar-refractivity contribution in [1.82, 2.24) is 15.3 Å². The first kappa shape index (κ1) is 24.7. The number of carbonyl (C=O) groups is 2. The molecule has 0 saturated carbocycles. The number of anilines is 2. The summed E-state index contributed by atoms with van der Waals surface area (Å²) in [6.45, 7) is 4.25. The van der Waals surface area contributed by atoms with E-state index in [2.05, 4.69) is 20.6 Å². The van der Waals surface area contributed by atoms with E-state index in [0.29, 0.717) is 23.7 Å². The zero-order valence-electron chi connectivity index (χ0n) is 20.0. The first-order valence-corrected chi connectivity index (χ1v) is 12.6. The molecular formula is C26H31N5O3S. The molecule has 0 aliphatic heterocycles. The second-order valence-electron chi connectivity index (χ2n) is 9.05. The number of aromatic nitrogens is 2. The Morgan fingerprint density at radius 2 is 1.89 bits per heavy atom. The third-order valence-corrected chi connectivity index (χ3v) is 7.56. The Morgan fingerprint density at radius 1 is 1.17 bits per heavy atom. The van der Waals surface area contributed by atoms with Gasteiger partial charge in [-0.1, -0.05) is 19.1 Å². The van der Waals surface area contributed by atoms with Gasteiger partial charge in [0, 0.05) is 36.1 Å². The zero-order valence-corrected chi connectivity index (χ0v) is 20.8. The summed E-state index contributed by atoms with van der Waals surface area (Å²) in [5.41, 5.74) is 10.1. The molecule has 8 nitrogen and oxygen atoms in total. The summed E-state index contributed by atoms with van der Waals surface area (Å²) in [7, 11) is 0. The van der Waals surface area contributed by atoms with Crippen LogP contribution in [0, 0.1) is 5.92 Å². The lowest BCUT2D eigenvalue weighted by molar-refractivity contribution is -0.116. The summed E-state index contributed by atoms with van der Waals surface area (Å²) >= 11 is 1.53. The Bertz CT molecular complexity index is 1150. The van der Waals surface area contributed by atoms with Gasteiger partial charge in [-0.15, -0.1) is 11.3 Å². The summed E-state index contributed by atoms with van der Waals surface area (Å²) in [6, 6.07) is 7.42. The summed E-state index contributed by atoms with van der Waals surface area (Å²) in [5, 5.41) is 6.56. The van der Waals surface area contributed by atoms with E-state index in [1.807, 2.05) is 38.1 Å². The van der Waals surface area contributed by atoms with Crippen molar-refractivity contribution in [1.29, 1.82) is 0 Å². The molecule has 184 valence electrons. The van der Waals surface area contributed by atoms with Gasteiger partial charge in [0.2, 0.25) is 5.91 Å². The number of hydrogen-bond donors (Lipinski definition) is 3. The van der Waals surface area contributed by atoms with E-state index >= 15 is 0 Å². The molecule has 4 N–H and O–H groups in total. The van der Waals surface area contributed by atoms with Crippen LogP contribution in [0.1, 0.15) is 60.2 Å². The number of hydrogen-bond acceptors (Lipinski definition) is 7. The normalized spacial score (nSPS) is 16.6. The van der Waals surface area contributed by atoms with Crippen molar-refractivity contribution in [3.05, 3.63) is 70.6 Å². The SMILES string of the molecule is CC(CC(=O)Nc1sc2c(c1N)CCC(COC(=O)NC(C)c1cccnc1)C2)c1cccnc1. The first-order chi connectivity index (χ1) is 16.9. The van der Waals surface area contributed by atoms with Crippen molar-refractivity contribution in [2.75, 3.05) is 17.7 Å². The maximum Gasteiger partial charge on any atom is 0.407 e. The average Bonchev–Trinajstić information content (AvgIpc) is 3.17. The molecule has 3 aromatic heterocycles. The van der Waals surface area contributed by atoms with E-state index in [9.17, 15) is 9.59 Å². The fraction of sp³-hybridized carbons (Fsp3) is 0.385. The number of rotatable bonds is 8. The Hall–Kier alpha value is -3.46. The number of alkyl carbamates (subject to hydrolysis) is 1. The summed E-state index contributed by atoms with van der Waals surface area (Å²) in [4.78, 5) is 34.3. The van der Waals surface area contributed by atoms with E-state index in [1.165, 1.54) is 11.3 Å². The van der Waals surface area contributed by atoms with E-state index in [0.717, 1.165) is 40.8 Å². The molecule has 1 aliphatic rings. The highest BCUT2D eigenvalue weighted by molar-refractivity contribution is 7.17. The molecule has 0 fully saturated rings. The lowest BCUT2D eigenvalue weighted by atomic mass is 9.89. The maximum atomic E-state index is 12.6. The predicted octanol–water partition coefficient (Wildman–Crippen LogP) is 4.84. The van der Waals surface area contributed by atoms with Crippen LogP contribution in [0.25, 0.3) is 0 Å². The third-order valence-electron chi connectivity index (χ3n) is 6.38. The smallest absolute Gasteiger partial charge is 0.407 e. The van der Waals surface area contributed by atoms with Crippen LogP contribution in [-0.2, 0) is 22.4 Å². The maximum absolute atomic E-state index is 12.6. The van der Waals surface area contributed by atoms with Crippen LogP contribution in [0.3, 0.4) is 0 Å². The highest BCUT2D eigenvalue weighted by Crippen LogP contribution is 2.41. The summed E-state index contributed by atoms with van der Waals surface area (Å²) < 4.78 is 5.50. The molecule has 3 aromatic rings. The Labute approximate surface area is 209 Å². The number of pyridine rings is 2. The van der Waals surface area contributed by atoms with Crippen LogP contribution in [0.4, 0.5) is 15.5 Å². The number of ether oxygens (including phenoxy) is 1. The van der Waals surface area contributed by atoms with Crippen molar-refractivity contribution in [3.8, 4) is 0 Å². The van der Waals surface area contributed by atoms with Gasteiger partial charge in [0.15, 0.2) is 0 Å². The second-order valence-corrected chi connectivity index (χ2v) is 10.2. The minimum absolute atomic E-state index is 0.0630. The van der Waals surface area contributed by atoms with Crippen LogP contribution in [0.5, 0.6) is 0 Å². The van der Waals surface area contributed by atoms with Gasteiger partial charge in [0.1, 0.15) is 5.00 Å². The van der Waals surface area contributed by atoms with Crippen LogP contribution < -0.4 is 16.4 Å². The Kier molecular flexibility index (Phi) is 7.97. The predicted molar refractivity (Wildman–Crippen MR) is 137 cm³/mol. The lowest BCUT2D eigenvalue weighted by Gasteiger charge is -2.22. The lowest BCUT2D eigenvalue weighted by Crippen LogP contribution is -2.30. The number of nitrogens with one attached hydrogen (secondary N) is 2. The molecule has 3 unspecified atom stereocenters. The highest BCUT2D eigenvalue weighted by atomic mass is 32.1. The van der Waals surface area contributed by atoms with Crippen molar-refractivity contribution in [2.24, 2.45) is 5.92 Å². The molecule has 0 radical (unpaired) electrons. The number of thiophene rings is 1. The second kappa shape index (κ2) is 11.3. The van der Waals surface area contributed by atoms with Crippen molar-refractivity contribution in [3.63, 3.8) is 0 Å². The van der Waals surface area contributed by atoms with Gasteiger partial charge in [-0.3, -0.25) is 14.8 Å². The van der Waals surface area contributed by atoms with Gasteiger partial charge < -0.3 is 21.1 Å². The van der Waals surface area contributed by atoms with Crippen molar-refractivity contribution < 1.29 is 14.3 Å². The molecule has 9 heteroatoms. The van der Waals surface area contributed by atoms with Crippen molar-refractivity contribution >= 4 is 34.0 Å². The number of carbonyl (C=O) groups excluding carboxylic acids is 2. The number of nitrogens with zero attached hydrogens (tertiary/aromatic N) is 2. The minimum atomic E-state index is -0.437. The molecule has 3 heterocycles. The molecular weight excluding hydrogens is 462 g/mol.